The van der Waals surface area contributed by atoms with Crippen LogP contribution in [0.2, 0.25) is 0 Å². The number of hydrogen-bond acceptors (Lipinski definition) is 5. The first kappa shape index (κ1) is 31.3. The minimum atomic E-state index is -4.15. The lowest BCUT2D eigenvalue weighted by molar-refractivity contribution is -0.139. The number of nitrogens with one attached hydrogen (secondary N) is 1. The monoisotopic (exact) mass is 599 g/mol. The summed E-state index contributed by atoms with van der Waals surface area (Å²) in [5, 5.41) is 2.70. The predicted octanol–water partition coefficient (Wildman–Crippen LogP) is 4.89. The molecule has 0 aromatic heterocycles. The van der Waals surface area contributed by atoms with Crippen LogP contribution in [0.1, 0.15) is 22.3 Å². The third kappa shape index (κ3) is 7.61. The lowest BCUT2D eigenvalue weighted by Crippen LogP contribution is -2.53. The van der Waals surface area contributed by atoms with E-state index >= 15 is 0 Å². The minimum absolute atomic E-state index is 0.0626. The SMILES string of the molecule is CNC(=O)C(Cc1ccccc1)N(Cc1cccc(OC)c1)C(=O)CN(c1ccccc1C)S(=O)(=O)c1ccc(C)cc1. The van der Waals surface area contributed by atoms with Crippen LogP contribution in [-0.4, -0.2) is 51.9 Å². The van der Waals surface area contributed by atoms with Gasteiger partial charge in [0.2, 0.25) is 11.8 Å². The number of amides is 2. The molecule has 0 fully saturated rings. The average molecular weight is 600 g/mol. The van der Waals surface area contributed by atoms with Gasteiger partial charge in [0.15, 0.2) is 0 Å². The normalized spacial score (nSPS) is 11.8. The van der Waals surface area contributed by atoms with Gasteiger partial charge in [-0.2, -0.15) is 0 Å². The molecule has 0 saturated heterocycles. The highest BCUT2D eigenvalue weighted by molar-refractivity contribution is 7.92. The maximum atomic E-state index is 14.4. The first-order chi connectivity index (χ1) is 20.6. The van der Waals surface area contributed by atoms with E-state index in [4.69, 9.17) is 4.74 Å². The van der Waals surface area contributed by atoms with Crippen LogP contribution in [-0.2, 0) is 32.6 Å². The summed E-state index contributed by atoms with van der Waals surface area (Å²) < 4.78 is 34.7. The van der Waals surface area contributed by atoms with E-state index in [-0.39, 0.29) is 23.8 Å². The average Bonchev–Trinajstić information content (AvgIpc) is 3.02. The Hall–Kier alpha value is -4.63. The summed E-state index contributed by atoms with van der Waals surface area (Å²) in [7, 11) is -1.07. The van der Waals surface area contributed by atoms with Gasteiger partial charge < -0.3 is 15.0 Å². The van der Waals surface area contributed by atoms with Crippen LogP contribution >= 0.6 is 0 Å². The number of ether oxygens (including phenoxy) is 1. The molecule has 43 heavy (non-hydrogen) atoms. The molecule has 8 nitrogen and oxygen atoms in total. The van der Waals surface area contributed by atoms with E-state index in [9.17, 15) is 18.0 Å². The van der Waals surface area contributed by atoms with Gasteiger partial charge in [-0.15, -0.1) is 0 Å². The molecular weight excluding hydrogens is 562 g/mol. The van der Waals surface area contributed by atoms with Crippen LogP contribution in [0.4, 0.5) is 5.69 Å². The van der Waals surface area contributed by atoms with E-state index < -0.39 is 28.5 Å². The molecular formula is C34H37N3O5S. The van der Waals surface area contributed by atoms with Crippen molar-refractivity contribution >= 4 is 27.5 Å². The van der Waals surface area contributed by atoms with Gasteiger partial charge in [0.1, 0.15) is 18.3 Å². The molecule has 0 spiro atoms. The minimum Gasteiger partial charge on any atom is -0.497 e. The number of methoxy groups -OCH3 is 1. The summed E-state index contributed by atoms with van der Waals surface area (Å²) >= 11 is 0. The number of aryl methyl sites for hydroxylation is 2. The molecule has 4 aromatic rings. The highest BCUT2D eigenvalue weighted by Gasteiger charge is 2.34. The summed E-state index contributed by atoms with van der Waals surface area (Å²) in [4.78, 5) is 29.3. The Bertz CT molecular complexity index is 1660. The Labute approximate surface area is 254 Å². The van der Waals surface area contributed by atoms with Crippen molar-refractivity contribution in [3.05, 3.63) is 125 Å². The van der Waals surface area contributed by atoms with Crippen LogP contribution in [0.5, 0.6) is 5.75 Å². The Morgan fingerprint density at radius 3 is 2.14 bits per heavy atom. The highest BCUT2D eigenvalue weighted by Crippen LogP contribution is 2.28. The van der Waals surface area contributed by atoms with Crippen molar-refractivity contribution in [2.45, 2.75) is 37.8 Å². The van der Waals surface area contributed by atoms with Crippen LogP contribution in [0.15, 0.2) is 108 Å². The third-order valence-electron chi connectivity index (χ3n) is 7.28. The molecule has 9 heteroatoms. The van der Waals surface area contributed by atoms with Crippen LogP contribution in [0.25, 0.3) is 0 Å². The van der Waals surface area contributed by atoms with Gasteiger partial charge in [-0.25, -0.2) is 8.42 Å². The molecule has 4 rings (SSSR count). The lowest BCUT2D eigenvalue weighted by atomic mass is 10.0. The Morgan fingerprint density at radius 2 is 1.49 bits per heavy atom. The number of benzene rings is 4. The number of rotatable bonds is 12. The molecule has 0 aliphatic heterocycles. The maximum absolute atomic E-state index is 14.4. The molecule has 0 heterocycles. The van der Waals surface area contributed by atoms with E-state index in [0.29, 0.717) is 17.0 Å². The number of likely N-dealkylation sites (N-methyl/N-ethyl adjacent to an activating group) is 1. The molecule has 1 N–H and O–H groups in total. The second-order valence-electron chi connectivity index (χ2n) is 10.3. The molecule has 0 saturated carbocycles. The first-order valence-electron chi connectivity index (χ1n) is 14.0. The van der Waals surface area contributed by atoms with Crippen LogP contribution in [0, 0.1) is 13.8 Å². The van der Waals surface area contributed by atoms with Gasteiger partial charge in [-0.1, -0.05) is 78.4 Å². The zero-order valence-electron chi connectivity index (χ0n) is 24.9. The van der Waals surface area contributed by atoms with Gasteiger partial charge in [0.25, 0.3) is 10.0 Å². The largest absolute Gasteiger partial charge is 0.497 e. The second-order valence-corrected chi connectivity index (χ2v) is 12.2. The summed E-state index contributed by atoms with van der Waals surface area (Å²) in [6.07, 6.45) is 0.241. The van der Waals surface area contributed by atoms with Crippen molar-refractivity contribution in [3.63, 3.8) is 0 Å². The summed E-state index contributed by atoms with van der Waals surface area (Å²) in [5.41, 5.74) is 3.59. The van der Waals surface area contributed by atoms with Crippen LogP contribution < -0.4 is 14.4 Å². The van der Waals surface area contributed by atoms with Crippen molar-refractivity contribution in [2.75, 3.05) is 25.0 Å². The molecule has 224 valence electrons. The maximum Gasteiger partial charge on any atom is 0.264 e. The molecule has 1 atom stereocenters. The predicted molar refractivity (Wildman–Crippen MR) is 168 cm³/mol. The molecule has 0 aliphatic carbocycles. The fraction of sp³-hybridized carbons (Fsp3) is 0.235. The van der Waals surface area contributed by atoms with Crippen LogP contribution in [0.3, 0.4) is 0 Å². The first-order valence-corrected chi connectivity index (χ1v) is 15.4. The van der Waals surface area contributed by atoms with E-state index in [1.165, 1.54) is 24.1 Å². The fourth-order valence-electron chi connectivity index (χ4n) is 4.88. The smallest absolute Gasteiger partial charge is 0.264 e. The molecule has 0 radical (unpaired) electrons. The van der Waals surface area contributed by atoms with E-state index in [2.05, 4.69) is 5.32 Å². The topological polar surface area (TPSA) is 96.0 Å². The molecule has 2 amide bonds. The number of carbonyl (C=O) groups is 2. The molecule has 1 unspecified atom stereocenters. The Kier molecular flexibility index (Phi) is 10.2. The van der Waals surface area contributed by atoms with Gasteiger partial charge >= 0.3 is 0 Å². The summed E-state index contributed by atoms with van der Waals surface area (Å²) in [5.74, 6) is -0.275. The number of para-hydroxylation sites is 1. The highest BCUT2D eigenvalue weighted by atomic mass is 32.2. The van der Waals surface area contributed by atoms with Crippen molar-refractivity contribution in [2.24, 2.45) is 0 Å². The quantitative estimate of drug-likeness (QED) is 0.250. The van der Waals surface area contributed by atoms with Crippen molar-refractivity contribution in [3.8, 4) is 5.75 Å². The summed E-state index contributed by atoms with van der Waals surface area (Å²) in [6.45, 7) is 3.23. The van der Waals surface area contributed by atoms with E-state index in [0.717, 1.165) is 21.0 Å². The number of carbonyl (C=O) groups excluding carboxylic acids is 2. The van der Waals surface area contributed by atoms with Crippen molar-refractivity contribution < 1.29 is 22.7 Å². The lowest BCUT2D eigenvalue weighted by Gasteiger charge is -2.34. The number of hydrogen-bond donors (Lipinski definition) is 1. The summed E-state index contributed by atoms with van der Waals surface area (Å²) in [6, 6.07) is 29.3. The fourth-order valence-corrected chi connectivity index (χ4v) is 6.36. The number of sulfonamides is 1. The van der Waals surface area contributed by atoms with Gasteiger partial charge in [-0.3, -0.25) is 13.9 Å². The number of nitrogens with zero attached hydrogens (tertiary/aromatic N) is 2. The Balaban J connectivity index is 1.80. The van der Waals surface area contributed by atoms with Gasteiger partial charge in [0, 0.05) is 20.0 Å². The zero-order chi connectivity index (χ0) is 31.0. The standard InChI is InChI=1S/C34H37N3O5S/c1-25-17-19-30(20-18-25)43(40,41)37(31-16-9-8-11-26(31)2)24-33(38)36(23-28-14-10-15-29(21-28)42-4)32(34(39)35-3)22-27-12-6-5-7-13-27/h5-21,32H,22-24H2,1-4H3,(H,35,39). The van der Waals surface area contributed by atoms with E-state index in [1.807, 2.05) is 55.5 Å². The number of anilines is 1. The second kappa shape index (κ2) is 14.0. The van der Waals surface area contributed by atoms with Crippen molar-refractivity contribution in [1.82, 2.24) is 10.2 Å². The molecule has 0 aliphatic rings. The van der Waals surface area contributed by atoms with E-state index in [1.54, 1.807) is 56.5 Å². The van der Waals surface area contributed by atoms with Gasteiger partial charge in [-0.05, 0) is 60.9 Å². The van der Waals surface area contributed by atoms with Gasteiger partial charge in [0.05, 0.1) is 17.7 Å². The Morgan fingerprint density at radius 1 is 0.837 bits per heavy atom. The molecule has 0 bridgehead atoms. The van der Waals surface area contributed by atoms with Crippen molar-refractivity contribution in [1.29, 1.82) is 0 Å². The third-order valence-corrected chi connectivity index (χ3v) is 9.05. The molecule has 4 aromatic carbocycles. The zero-order valence-corrected chi connectivity index (χ0v) is 25.7.